The largest absolute Gasteiger partial charge is 0.273 e. The fraction of sp³-hybridized carbons (Fsp3) is 0.333. The van der Waals surface area contributed by atoms with E-state index in [0.717, 1.165) is 18.6 Å². The molecule has 0 aliphatic carbocycles. The third-order valence-corrected chi connectivity index (χ3v) is 1.97. The maximum absolute atomic E-state index is 11.4. The Morgan fingerprint density at radius 2 is 2.46 bits per heavy atom. The predicted molar refractivity (Wildman–Crippen MR) is 50.6 cm³/mol. The van der Waals surface area contributed by atoms with Crippen LogP contribution in [0, 0.1) is 0 Å². The summed E-state index contributed by atoms with van der Waals surface area (Å²) in [6.45, 7) is 2.86. The molecule has 0 fully saturated rings. The standard InChI is InChI=1S/C9H11N3O/c1-2-6-12-8-7(9(13)11-12)4-3-5-10-8/h3-5H,2,6H2,1H3,(H,11,13). The molecule has 0 bridgehead atoms. The molecule has 0 unspecified atom stereocenters. The number of aromatic amines is 1. The highest BCUT2D eigenvalue weighted by Gasteiger charge is 2.04. The molecular weight excluding hydrogens is 166 g/mol. The average Bonchev–Trinajstić information content (AvgIpc) is 2.46. The minimum Gasteiger partial charge on any atom is -0.267 e. The lowest BCUT2D eigenvalue weighted by Crippen LogP contribution is -2.05. The highest BCUT2D eigenvalue weighted by molar-refractivity contribution is 5.73. The molecule has 68 valence electrons. The zero-order valence-electron chi connectivity index (χ0n) is 7.45. The summed E-state index contributed by atoms with van der Waals surface area (Å²) in [7, 11) is 0. The van der Waals surface area contributed by atoms with Gasteiger partial charge in [0.25, 0.3) is 5.56 Å². The van der Waals surface area contributed by atoms with Crippen molar-refractivity contribution in [2.75, 3.05) is 0 Å². The molecule has 0 atom stereocenters. The second kappa shape index (κ2) is 3.05. The molecule has 2 rings (SSSR count). The normalized spacial score (nSPS) is 10.8. The quantitative estimate of drug-likeness (QED) is 0.747. The van der Waals surface area contributed by atoms with Gasteiger partial charge in [-0.2, -0.15) is 0 Å². The van der Waals surface area contributed by atoms with Gasteiger partial charge in [0.15, 0.2) is 5.65 Å². The van der Waals surface area contributed by atoms with Gasteiger partial charge in [0, 0.05) is 12.7 Å². The van der Waals surface area contributed by atoms with Crippen molar-refractivity contribution < 1.29 is 0 Å². The van der Waals surface area contributed by atoms with Gasteiger partial charge >= 0.3 is 0 Å². The summed E-state index contributed by atoms with van der Waals surface area (Å²) in [6.07, 6.45) is 2.68. The molecule has 0 aliphatic heterocycles. The lowest BCUT2D eigenvalue weighted by Gasteiger charge is -1.98. The van der Waals surface area contributed by atoms with E-state index in [1.54, 1.807) is 23.0 Å². The number of fused-ring (bicyclic) bond motifs is 1. The van der Waals surface area contributed by atoms with E-state index < -0.39 is 0 Å². The van der Waals surface area contributed by atoms with Gasteiger partial charge in [0.1, 0.15) is 0 Å². The summed E-state index contributed by atoms with van der Waals surface area (Å²) in [5.74, 6) is 0. The Labute approximate surface area is 75.2 Å². The molecule has 0 radical (unpaired) electrons. The summed E-state index contributed by atoms with van der Waals surface area (Å²) in [6, 6.07) is 3.56. The molecule has 0 amide bonds. The summed E-state index contributed by atoms with van der Waals surface area (Å²) in [5.41, 5.74) is 0.686. The van der Waals surface area contributed by atoms with E-state index >= 15 is 0 Å². The van der Waals surface area contributed by atoms with E-state index in [1.165, 1.54) is 0 Å². The van der Waals surface area contributed by atoms with Crippen molar-refractivity contribution in [1.82, 2.24) is 14.8 Å². The Balaban J connectivity index is 2.71. The van der Waals surface area contributed by atoms with E-state index in [9.17, 15) is 4.79 Å². The molecule has 13 heavy (non-hydrogen) atoms. The van der Waals surface area contributed by atoms with Crippen molar-refractivity contribution in [2.45, 2.75) is 19.9 Å². The molecule has 0 aliphatic rings. The SMILES string of the molecule is CCCn1[nH]c(=O)c2cccnc21. The minimum absolute atomic E-state index is 0.0587. The molecule has 0 saturated carbocycles. The number of hydrogen-bond donors (Lipinski definition) is 1. The molecule has 4 nitrogen and oxygen atoms in total. The Hall–Kier alpha value is -1.58. The smallest absolute Gasteiger partial charge is 0.267 e. The number of aryl methyl sites for hydroxylation is 1. The number of nitrogens with zero attached hydrogens (tertiary/aromatic N) is 2. The highest BCUT2D eigenvalue weighted by Crippen LogP contribution is 2.04. The third kappa shape index (κ3) is 1.24. The monoisotopic (exact) mass is 177 g/mol. The van der Waals surface area contributed by atoms with E-state index in [0.29, 0.717) is 5.39 Å². The van der Waals surface area contributed by atoms with Crippen molar-refractivity contribution in [3.63, 3.8) is 0 Å². The summed E-state index contributed by atoms with van der Waals surface area (Å²) in [4.78, 5) is 15.5. The summed E-state index contributed by atoms with van der Waals surface area (Å²) < 4.78 is 1.79. The van der Waals surface area contributed by atoms with E-state index in [4.69, 9.17) is 0 Å². The van der Waals surface area contributed by atoms with Crippen molar-refractivity contribution >= 4 is 11.0 Å². The first-order chi connectivity index (χ1) is 6.33. The van der Waals surface area contributed by atoms with Crippen LogP contribution in [0.15, 0.2) is 23.1 Å². The maximum Gasteiger partial charge on any atom is 0.273 e. The van der Waals surface area contributed by atoms with Crippen LogP contribution in [0.4, 0.5) is 0 Å². The van der Waals surface area contributed by atoms with Crippen LogP contribution in [0.25, 0.3) is 11.0 Å². The van der Waals surface area contributed by atoms with Gasteiger partial charge in [-0.15, -0.1) is 0 Å². The fourth-order valence-electron chi connectivity index (χ4n) is 1.41. The first kappa shape index (κ1) is 8.04. The lowest BCUT2D eigenvalue weighted by molar-refractivity contribution is 0.611. The van der Waals surface area contributed by atoms with Crippen LogP contribution in [0.2, 0.25) is 0 Å². The predicted octanol–water partition coefficient (Wildman–Crippen LogP) is 1.13. The van der Waals surface area contributed by atoms with Crippen LogP contribution >= 0.6 is 0 Å². The molecule has 1 N–H and O–H groups in total. The Kier molecular flexibility index (Phi) is 1.88. The number of aromatic nitrogens is 3. The van der Waals surface area contributed by atoms with E-state index in [2.05, 4.69) is 17.0 Å². The van der Waals surface area contributed by atoms with Crippen LogP contribution in [-0.2, 0) is 6.54 Å². The molecular formula is C9H11N3O. The van der Waals surface area contributed by atoms with Crippen molar-refractivity contribution in [2.24, 2.45) is 0 Å². The van der Waals surface area contributed by atoms with Gasteiger partial charge < -0.3 is 0 Å². The highest BCUT2D eigenvalue weighted by atomic mass is 16.1. The number of H-pyrrole nitrogens is 1. The zero-order valence-corrected chi connectivity index (χ0v) is 7.45. The molecule has 0 saturated heterocycles. The first-order valence-corrected chi connectivity index (χ1v) is 4.36. The number of hydrogen-bond acceptors (Lipinski definition) is 2. The third-order valence-electron chi connectivity index (χ3n) is 1.97. The molecule has 4 heteroatoms. The van der Waals surface area contributed by atoms with Gasteiger partial charge in [-0.05, 0) is 18.6 Å². The van der Waals surface area contributed by atoms with Gasteiger partial charge in [0.2, 0.25) is 0 Å². The van der Waals surface area contributed by atoms with E-state index in [-0.39, 0.29) is 5.56 Å². The second-order valence-corrected chi connectivity index (χ2v) is 2.97. The summed E-state index contributed by atoms with van der Waals surface area (Å²) in [5, 5.41) is 3.42. The van der Waals surface area contributed by atoms with Crippen LogP contribution in [0.3, 0.4) is 0 Å². The fourth-order valence-corrected chi connectivity index (χ4v) is 1.41. The Bertz CT molecular complexity index is 469. The Morgan fingerprint density at radius 3 is 3.23 bits per heavy atom. The number of pyridine rings is 1. The average molecular weight is 177 g/mol. The Morgan fingerprint density at radius 1 is 1.62 bits per heavy atom. The topological polar surface area (TPSA) is 50.7 Å². The number of rotatable bonds is 2. The molecule has 2 aromatic heterocycles. The summed E-state index contributed by atoms with van der Waals surface area (Å²) >= 11 is 0. The van der Waals surface area contributed by atoms with Crippen molar-refractivity contribution in [1.29, 1.82) is 0 Å². The van der Waals surface area contributed by atoms with Crippen LogP contribution < -0.4 is 5.56 Å². The van der Waals surface area contributed by atoms with Crippen LogP contribution in [-0.4, -0.2) is 14.8 Å². The molecule has 2 aromatic rings. The maximum atomic E-state index is 11.4. The van der Waals surface area contributed by atoms with E-state index in [1.807, 2.05) is 0 Å². The van der Waals surface area contributed by atoms with Gasteiger partial charge in [0.05, 0.1) is 5.39 Å². The van der Waals surface area contributed by atoms with Crippen LogP contribution in [0.5, 0.6) is 0 Å². The van der Waals surface area contributed by atoms with Crippen molar-refractivity contribution in [3.05, 3.63) is 28.7 Å². The molecule has 0 spiro atoms. The van der Waals surface area contributed by atoms with Crippen molar-refractivity contribution in [3.8, 4) is 0 Å². The van der Waals surface area contributed by atoms with Gasteiger partial charge in [-0.25, -0.2) is 4.98 Å². The zero-order chi connectivity index (χ0) is 9.26. The minimum atomic E-state index is -0.0587. The second-order valence-electron chi connectivity index (χ2n) is 2.97. The van der Waals surface area contributed by atoms with Crippen LogP contribution in [0.1, 0.15) is 13.3 Å². The molecule has 2 heterocycles. The van der Waals surface area contributed by atoms with Gasteiger partial charge in [-0.3, -0.25) is 14.6 Å². The first-order valence-electron chi connectivity index (χ1n) is 4.36. The van der Waals surface area contributed by atoms with Gasteiger partial charge in [-0.1, -0.05) is 6.92 Å². The number of nitrogens with one attached hydrogen (secondary N) is 1. The molecule has 0 aromatic carbocycles. The lowest BCUT2D eigenvalue weighted by atomic mass is 10.3.